The molecule has 1 rings (SSSR count). The fourth-order valence-corrected chi connectivity index (χ4v) is 2.30. The van der Waals surface area contributed by atoms with Crippen LogP contribution in [0.15, 0.2) is 18.2 Å². The molecule has 1 nitrogen and oxygen atoms in total. The standard InChI is InChI=1S/C16H27N/c1-12(2)16(5,11-17-6)10-15-9-13(3)7-8-14(15)4/h7-9,12,17H,10-11H2,1-6H3. The van der Waals surface area contributed by atoms with Gasteiger partial charge in [0.25, 0.3) is 0 Å². The van der Waals surface area contributed by atoms with Gasteiger partial charge in [0.15, 0.2) is 0 Å². The van der Waals surface area contributed by atoms with Crippen molar-refractivity contribution in [2.45, 2.75) is 41.0 Å². The molecule has 0 saturated heterocycles. The highest BCUT2D eigenvalue weighted by molar-refractivity contribution is 5.31. The number of aryl methyl sites for hydroxylation is 2. The third-order valence-electron chi connectivity index (χ3n) is 4.07. The van der Waals surface area contributed by atoms with E-state index in [1.807, 2.05) is 7.05 Å². The Balaban J connectivity index is 2.97. The maximum absolute atomic E-state index is 3.34. The lowest BCUT2D eigenvalue weighted by molar-refractivity contribution is 0.212. The smallest absolute Gasteiger partial charge is 0.000780 e. The summed E-state index contributed by atoms with van der Waals surface area (Å²) >= 11 is 0. The van der Waals surface area contributed by atoms with Gasteiger partial charge in [-0.1, -0.05) is 44.5 Å². The third kappa shape index (κ3) is 3.57. The van der Waals surface area contributed by atoms with Crippen LogP contribution in [0.25, 0.3) is 0 Å². The van der Waals surface area contributed by atoms with Crippen LogP contribution in [0.5, 0.6) is 0 Å². The second kappa shape index (κ2) is 5.68. The quantitative estimate of drug-likeness (QED) is 0.817. The molecule has 0 aliphatic rings. The van der Waals surface area contributed by atoms with Crippen LogP contribution in [-0.4, -0.2) is 13.6 Å². The van der Waals surface area contributed by atoms with Crippen molar-refractivity contribution >= 4 is 0 Å². The van der Waals surface area contributed by atoms with Gasteiger partial charge < -0.3 is 5.32 Å². The van der Waals surface area contributed by atoms with Gasteiger partial charge in [0.1, 0.15) is 0 Å². The Labute approximate surface area is 107 Å². The fraction of sp³-hybridized carbons (Fsp3) is 0.625. The van der Waals surface area contributed by atoms with Crippen molar-refractivity contribution in [1.82, 2.24) is 5.32 Å². The normalized spacial score (nSPS) is 15.0. The van der Waals surface area contributed by atoms with Crippen molar-refractivity contribution in [3.63, 3.8) is 0 Å². The molecule has 96 valence electrons. The first-order valence-corrected chi connectivity index (χ1v) is 6.60. The predicted molar refractivity (Wildman–Crippen MR) is 76.5 cm³/mol. The highest BCUT2D eigenvalue weighted by Gasteiger charge is 2.28. The number of hydrogen-bond donors (Lipinski definition) is 1. The van der Waals surface area contributed by atoms with E-state index >= 15 is 0 Å². The number of rotatable bonds is 5. The molecule has 0 fully saturated rings. The predicted octanol–water partition coefficient (Wildman–Crippen LogP) is 3.73. The molecule has 1 aromatic carbocycles. The minimum Gasteiger partial charge on any atom is -0.319 e. The summed E-state index contributed by atoms with van der Waals surface area (Å²) in [5.41, 5.74) is 4.60. The highest BCUT2D eigenvalue weighted by Crippen LogP contribution is 2.31. The van der Waals surface area contributed by atoms with Gasteiger partial charge in [0.2, 0.25) is 0 Å². The first-order valence-electron chi connectivity index (χ1n) is 6.60. The summed E-state index contributed by atoms with van der Waals surface area (Å²) in [7, 11) is 2.05. The van der Waals surface area contributed by atoms with Gasteiger partial charge >= 0.3 is 0 Å². The second-order valence-corrected chi connectivity index (χ2v) is 5.95. The van der Waals surface area contributed by atoms with Gasteiger partial charge in [-0.05, 0) is 49.8 Å². The maximum atomic E-state index is 3.34. The zero-order chi connectivity index (χ0) is 13.1. The Kier molecular flexibility index (Phi) is 4.76. The summed E-state index contributed by atoms with van der Waals surface area (Å²) in [6.07, 6.45) is 1.15. The SMILES string of the molecule is CNCC(C)(Cc1cc(C)ccc1C)C(C)C. The molecule has 1 heteroatoms. The molecule has 0 aromatic heterocycles. The molecular formula is C16H27N. The topological polar surface area (TPSA) is 12.0 Å². The van der Waals surface area contributed by atoms with Crippen molar-refractivity contribution in [2.75, 3.05) is 13.6 Å². The Morgan fingerprint density at radius 2 is 1.88 bits per heavy atom. The molecule has 0 bridgehead atoms. The molecule has 0 saturated carbocycles. The molecule has 0 spiro atoms. The molecule has 0 heterocycles. The number of nitrogens with one attached hydrogen (secondary N) is 1. The van der Waals surface area contributed by atoms with Crippen LogP contribution in [0.4, 0.5) is 0 Å². The van der Waals surface area contributed by atoms with Gasteiger partial charge in [-0.15, -0.1) is 0 Å². The molecule has 1 unspecified atom stereocenters. The summed E-state index contributed by atoms with van der Waals surface area (Å²) in [5.74, 6) is 0.676. The van der Waals surface area contributed by atoms with Crippen LogP contribution in [0.3, 0.4) is 0 Å². The molecule has 0 amide bonds. The molecule has 1 atom stereocenters. The Hall–Kier alpha value is -0.820. The largest absolute Gasteiger partial charge is 0.319 e. The lowest BCUT2D eigenvalue weighted by Gasteiger charge is -2.34. The summed E-state index contributed by atoms with van der Waals surface area (Å²) in [6.45, 7) is 12.5. The molecule has 1 N–H and O–H groups in total. The lowest BCUT2D eigenvalue weighted by Crippen LogP contribution is -2.36. The van der Waals surface area contributed by atoms with E-state index in [4.69, 9.17) is 0 Å². The van der Waals surface area contributed by atoms with Crippen LogP contribution in [-0.2, 0) is 6.42 Å². The van der Waals surface area contributed by atoms with E-state index < -0.39 is 0 Å². The van der Waals surface area contributed by atoms with Gasteiger partial charge in [-0.2, -0.15) is 0 Å². The third-order valence-corrected chi connectivity index (χ3v) is 4.07. The Morgan fingerprint density at radius 3 is 2.41 bits per heavy atom. The minimum absolute atomic E-state index is 0.327. The molecule has 0 aliphatic carbocycles. The van der Waals surface area contributed by atoms with Gasteiger partial charge in [-0.25, -0.2) is 0 Å². The molecule has 17 heavy (non-hydrogen) atoms. The van der Waals surface area contributed by atoms with Crippen molar-refractivity contribution in [2.24, 2.45) is 11.3 Å². The van der Waals surface area contributed by atoms with Gasteiger partial charge in [-0.3, -0.25) is 0 Å². The average Bonchev–Trinajstić information content (AvgIpc) is 2.23. The number of hydrogen-bond acceptors (Lipinski definition) is 1. The van der Waals surface area contributed by atoms with E-state index in [9.17, 15) is 0 Å². The van der Waals surface area contributed by atoms with Crippen LogP contribution >= 0.6 is 0 Å². The molecular weight excluding hydrogens is 206 g/mol. The Morgan fingerprint density at radius 1 is 1.24 bits per heavy atom. The summed E-state index contributed by atoms with van der Waals surface area (Å²) < 4.78 is 0. The van der Waals surface area contributed by atoms with Crippen molar-refractivity contribution < 1.29 is 0 Å². The van der Waals surface area contributed by atoms with E-state index in [2.05, 4.69) is 58.1 Å². The zero-order valence-corrected chi connectivity index (χ0v) is 12.2. The fourth-order valence-electron chi connectivity index (χ4n) is 2.30. The Bertz CT molecular complexity index is 368. The molecule has 0 radical (unpaired) electrons. The summed E-state index contributed by atoms with van der Waals surface area (Å²) in [4.78, 5) is 0. The van der Waals surface area contributed by atoms with Crippen molar-refractivity contribution in [3.05, 3.63) is 34.9 Å². The zero-order valence-electron chi connectivity index (χ0n) is 12.2. The van der Waals surface area contributed by atoms with E-state index in [-0.39, 0.29) is 0 Å². The highest BCUT2D eigenvalue weighted by atomic mass is 14.8. The second-order valence-electron chi connectivity index (χ2n) is 5.95. The summed E-state index contributed by atoms with van der Waals surface area (Å²) in [6, 6.07) is 6.78. The van der Waals surface area contributed by atoms with Crippen LogP contribution < -0.4 is 5.32 Å². The molecule has 1 aromatic rings. The first-order chi connectivity index (χ1) is 7.89. The van der Waals surface area contributed by atoms with Crippen LogP contribution in [0.2, 0.25) is 0 Å². The van der Waals surface area contributed by atoms with Crippen LogP contribution in [0, 0.1) is 25.2 Å². The van der Waals surface area contributed by atoms with E-state index in [1.54, 1.807) is 0 Å². The molecule has 0 aliphatic heterocycles. The lowest BCUT2D eigenvalue weighted by atomic mass is 9.73. The van der Waals surface area contributed by atoms with Crippen molar-refractivity contribution in [1.29, 1.82) is 0 Å². The van der Waals surface area contributed by atoms with Gasteiger partial charge in [0, 0.05) is 6.54 Å². The monoisotopic (exact) mass is 233 g/mol. The van der Waals surface area contributed by atoms with E-state index in [0.29, 0.717) is 11.3 Å². The summed E-state index contributed by atoms with van der Waals surface area (Å²) in [5, 5.41) is 3.34. The van der Waals surface area contributed by atoms with Gasteiger partial charge in [0.05, 0.1) is 0 Å². The number of benzene rings is 1. The van der Waals surface area contributed by atoms with E-state index in [1.165, 1.54) is 16.7 Å². The minimum atomic E-state index is 0.327. The van der Waals surface area contributed by atoms with E-state index in [0.717, 1.165) is 13.0 Å². The average molecular weight is 233 g/mol. The maximum Gasteiger partial charge on any atom is 0.000780 e. The first kappa shape index (κ1) is 14.2. The van der Waals surface area contributed by atoms with Crippen LogP contribution in [0.1, 0.15) is 37.5 Å². The van der Waals surface area contributed by atoms with Crippen molar-refractivity contribution in [3.8, 4) is 0 Å².